The number of carbonyl (C=O) groups is 1. The smallest absolute Gasteiger partial charge is 0.309 e. The van der Waals surface area contributed by atoms with Crippen LogP contribution < -0.4 is 0 Å². The van der Waals surface area contributed by atoms with E-state index < -0.39 is 0 Å². The molecule has 1 aliphatic rings. The molecule has 2 nitrogen and oxygen atoms in total. The van der Waals surface area contributed by atoms with Crippen LogP contribution in [0.4, 0.5) is 0 Å². The molecule has 0 aromatic rings. The van der Waals surface area contributed by atoms with Gasteiger partial charge in [-0.05, 0) is 19.3 Å². The standard InChI is InChI=1S/C14H24O2/c15-14-12-10-8-6-4-2-1-3-5-7-9-11-13-16-14/h8,10H,1-7,9,11-13H2/b10-8-. The van der Waals surface area contributed by atoms with Gasteiger partial charge in [0, 0.05) is 0 Å². The number of rotatable bonds is 0. The van der Waals surface area contributed by atoms with Gasteiger partial charge in [0.1, 0.15) is 0 Å². The number of hydrogen-bond donors (Lipinski definition) is 0. The van der Waals surface area contributed by atoms with E-state index in [1.807, 2.05) is 6.08 Å². The van der Waals surface area contributed by atoms with Gasteiger partial charge in [-0.15, -0.1) is 0 Å². The number of allylic oxidation sites excluding steroid dienone is 1. The van der Waals surface area contributed by atoms with E-state index in [1.54, 1.807) is 0 Å². The zero-order valence-corrected chi connectivity index (χ0v) is 10.2. The Balaban J connectivity index is 2.21. The minimum Gasteiger partial charge on any atom is -0.465 e. The molecule has 0 fully saturated rings. The highest BCUT2D eigenvalue weighted by molar-refractivity contribution is 5.71. The molecule has 1 aliphatic heterocycles. The average Bonchev–Trinajstić information content (AvgIpc) is 2.29. The molecule has 0 saturated heterocycles. The number of cyclic esters (lactones) is 1. The molecule has 0 saturated carbocycles. The highest BCUT2D eigenvalue weighted by atomic mass is 16.5. The molecule has 0 aliphatic carbocycles. The van der Waals surface area contributed by atoms with Crippen molar-refractivity contribution in [2.75, 3.05) is 6.61 Å². The van der Waals surface area contributed by atoms with E-state index in [4.69, 9.17) is 4.74 Å². The van der Waals surface area contributed by atoms with Crippen LogP contribution in [0, 0.1) is 0 Å². The molecule has 0 unspecified atom stereocenters. The zero-order chi connectivity index (χ0) is 11.5. The van der Waals surface area contributed by atoms with Gasteiger partial charge in [-0.2, -0.15) is 0 Å². The number of esters is 1. The second-order valence-electron chi connectivity index (χ2n) is 4.51. The lowest BCUT2D eigenvalue weighted by molar-refractivity contribution is -0.142. The molecule has 1 heterocycles. The minimum atomic E-state index is -0.0777. The molecule has 1 rings (SSSR count). The third-order valence-corrected chi connectivity index (χ3v) is 2.98. The first-order valence-corrected chi connectivity index (χ1v) is 6.70. The number of hydrogen-bond acceptors (Lipinski definition) is 2. The van der Waals surface area contributed by atoms with Crippen molar-refractivity contribution in [3.63, 3.8) is 0 Å². The zero-order valence-electron chi connectivity index (χ0n) is 10.2. The van der Waals surface area contributed by atoms with Crippen molar-refractivity contribution in [1.82, 2.24) is 0 Å². The van der Waals surface area contributed by atoms with Crippen LogP contribution in [0.1, 0.15) is 64.2 Å². The van der Waals surface area contributed by atoms with Gasteiger partial charge in [0.15, 0.2) is 0 Å². The Morgan fingerprint density at radius 2 is 1.44 bits per heavy atom. The van der Waals surface area contributed by atoms with E-state index >= 15 is 0 Å². The normalized spacial score (nSPS) is 23.9. The molecule has 0 N–H and O–H groups in total. The molecular formula is C14H24O2. The van der Waals surface area contributed by atoms with Crippen molar-refractivity contribution < 1.29 is 9.53 Å². The molecule has 0 aromatic heterocycles. The van der Waals surface area contributed by atoms with Crippen LogP contribution in [0.5, 0.6) is 0 Å². The summed E-state index contributed by atoms with van der Waals surface area (Å²) in [5, 5.41) is 0. The Hall–Kier alpha value is -0.790. The maximum atomic E-state index is 11.2. The molecule has 16 heavy (non-hydrogen) atoms. The van der Waals surface area contributed by atoms with Crippen LogP contribution in [0.25, 0.3) is 0 Å². The first kappa shape index (κ1) is 13.3. The fourth-order valence-electron chi connectivity index (χ4n) is 1.97. The van der Waals surface area contributed by atoms with Crippen molar-refractivity contribution in [2.24, 2.45) is 0 Å². The van der Waals surface area contributed by atoms with Crippen LogP contribution in [-0.4, -0.2) is 12.6 Å². The first-order valence-electron chi connectivity index (χ1n) is 6.70. The van der Waals surface area contributed by atoms with Gasteiger partial charge >= 0.3 is 5.97 Å². The summed E-state index contributed by atoms with van der Waals surface area (Å²) in [6.45, 7) is 0.604. The van der Waals surface area contributed by atoms with Gasteiger partial charge in [-0.25, -0.2) is 0 Å². The fourth-order valence-corrected chi connectivity index (χ4v) is 1.97. The van der Waals surface area contributed by atoms with Gasteiger partial charge in [-0.1, -0.05) is 50.7 Å². The largest absolute Gasteiger partial charge is 0.465 e. The fraction of sp³-hybridized carbons (Fsp3) is 0.786. The number of carbonyl (C=O) groups excluding carboxylic acids is 1. The summed E-state index contributed by atoms with van der Waals surface area (Å²) in [6.07, 6.45) is 15.8. The molecule has 0 aromatic carbocycles. The third-order valence-electron chi connectivity index (χ3n) is 2.98. The summed E-state index contributed by atoms with van der Waals surface area (Å²) in [6, 6.07) is 0. The van der Waals surface area contributed by atoms with E-state index in [0.29, 0.717) is 13.0 Å². The SMILES string of the molecule is O=C1C/C=C\CCCCCCCCCCO1. The van der Waals surface area contributed by atoms with E-state index in [0.717, 1.165) is 12.8 Å². The lowest BCUT2D eigenvalue weighted by Crippen LogP contribution is -2.04. The van der Waals surface area contributed by atoms with Gasteiger partial charge in [0.05, 0.1) is 13.0 Å². The molecule has 0 amide bonds. The van der Waals surface area contributed by atoms with Gasteiger partial charge < -0.3 is 4.74 Å². The summed E-state index contributed by atoms with van der Waals surface area (Å²) in [4.78, 5) is 11.2. The van der Waals surface area contributed by atoms with Gasteiger partial charge in [0.25, 0.3) is 0 Å². The van der Waals surface area contributed by atoms with Crippen molar-refractivity contribution in [1.29, 1.82) is 0 Å². The maximum absolute atomic E-state index is 11.2. The Bertz CT molecular complexity index is 209. The average molecular weight is 224 g/mol. The second-order valence-corrected chi connectivity index (χ2v) is 4.51. The summed E-state index contributed by atoms with van der Waals surface area (Å²) in [7, 11) is 0. The van der Waals surface area contributed by atoms with E-state index in [1.165, 1.54) is 44.9 Å². The predicted molar refractivity (Wildman–Crippen MR) is 66.3 cm³/mol. The molecule has 92 valence electrons. The van der Waals surface area contributed by atoms with Crippen molar-refractivity contribution in [3.8, 4) is 0 Å². The third kappa shape index (κ3) is 7.49. The quantitative estimate of drug-likeness (QED) is 0.459. The van der Waals surface area contributed by atoms with Crippen LogP contribution in [0.15, 0.2) is 12.2 Å². The van der Waals surface area contributed by atoms with E-state index in [2.05, 4.69) is 6.08 Å². The van der Waals surface area contributed by atoms with Crippen LogP contribution in [0.2, 0.25) is 0 Å². The van der Waals surface area contributed by atoms with Gasteiger partial charge in [-0.3, -0.25) is 4.79 Å². The molecule has 2 heteroatoms. The maximum Gasteiger partial charge on any atom is 0.309 e. The predicted octanol–water partition coefficient (Wildman–Crippen LogP) is 4.00. The van der Waals surface area contributed by atoms with Crippen molar-refractivity contribution in [3.05, 3.63) is 12.2 Å². The van der Waals surface area contributed by atoms with Crippen LogP contribution >= 0.6 is 0 Å². The highest BCUT2D eigenvalue weighted by Gasteiger charge is 1.99. The Kier molecular flexibility index (Phi) is 7.83. The monoisotopic (exact) mass is 224 g/mol. The van der Waals surface area contributed by atoms with Crippen molar-refractivity contribution in [2.45, 2.75) is 64.2 Å². The Morgan fingerprint density at radius 3 is 2.19 bits per heavy atom. The van der Waals surface area contributed by atoms with Crippen LogP contribution in [0.3, 0.4) is 0 Å². The first-order chi connectivity index (χ1) is 7.89. The lowest BCUT2D eigenvalue weighted by atomic mass is 10.1. The topological polar surface area (TPSA) is 26.3 Å². The Labute approximate surface area is 99.1 Å². The molecule has 0 atom stereocenters. The van der Waals surface area contributed by atoms with E-state index in [-0.39, 0.29) is 5.97 Å². The summed E-state index contributed by atoms with van der Waals surface area (Å²) in [5.74, 6) is -0.0777. The molecule has 0 bridgehead atoms. The molecule has 0 radical (unpaired) electrons. The summed E-state index contributed by atoms with van der Waals surface area (Å²) in [5.41, 5.74) is 0. The summed E-state index contributed by atoms with van der Waals surface area (Å²) < 4.78 is 5.13. The highest BCUT2D eigenvalue weighted by Crippen LogP contribution is 2.10. The minimum absolute atomic E-state index is 0.0777. The number of ether oxygens (including phenoxy) is 1. The second kappa shape index (κ2) is 9.44. The van der Waals surface area contributed by atoms with Crippen LogP contribution in [-0.2, 0) is 9.53 Å². The van der Waals surface area contributed by atoms with Crippen molar-refractivity contribution >= 4 is 5.97 Å². The van der Waals surface area contributed by atoms with E-state index in [9.17, 15) is 4.79 Å². The Morgan fingerprint density at radius 1 is 0.812 bits per heavy atom. The lowest BCUT2D eigenvalue weighted by Gasteiger charge is -2.03. The molecule has 0 spiro atoms. The van der Waals surface area contributed by atoms with Gasteiger partial charge in [0.2, 0.25) is 0 Å². The molecular weight excluding hydrogens is 200 g/mol. The summed E-state index contributed by atoms with van der Waals surface area (Å²) >= 11 is 0.